The van der Waals surface area contributed by atoms with Crippen molar-refractivity contribution in [1.29, 1.82) is 0 Å². The summed E-state index contributed by atoms with van der Waals surface area (Å²) in [4.78, 5) is 4.14. The van der Waals surface area contributed by atoms with E-state index in [-0.39, 0.29) is 11.6 Å². The lowest BCUT2D eigenvalue weighted by molar-refractivity contribution is 0.318. The van der Waals surface area contributed by atoms with Crippen molar-refractivity contribution in [1.82, 2.24) is 14.1 Å². The van der Waals surface area contributed by atoms with Crippen molar-refractivity contribution >= 4 is 17.4 Å². The first-order valence-electron chi connectivity index (χ1n) is 7.07. The van der Waals surface area contributed by atoms with Crippen LogP contribution in [0.3, 0.4) is 0 Å². The number of rotatable bonds is 3. The Morgan fingerprint density at radius 1 is 1.21 bits per heavy atom. The number of aromatic nitrogens is 3. The van der Waals surface area contributed by atoms with E-state index in [4.69, 9.17) is 22.5 Å². The topological polar surface area (TPSA) is 102 Å². The molecule has 0 saturated heterocycles. The standard InChI is InChI=1S/C16H16ClN5O2/c1-21-8-19-7-11(21)13-12(9-3-5-10(23)6-4-9)15(17)22(2)14(13)16(18)20-24/h3-8,23-24H,1-2H3,(H2,18,20). The van der Waals surface area contributed by atoms with E-state index < -0.39 is 0 Å². The van der Waals surface area contributed by atoms with Crippen LogP contribution >= 0.6 is 11.6 Å². The normalized spacial score (nSPS) is 11.9. The number of aryl methyl sites for hydroxylation is 1. The number of amidine groups is 1. The van der Waals surface area contributed by atoms with Crippen LogP contribution in [-0.2, 0) is 14.1 Å². The Labute approximate surface area is 143 Å². The van der Waals surface area contributed by atoms with E-state index in [2.05, 4.69) is 10.1 Å². The third kappa shape index (κ3) is 2.39. The van der Waals surface area contributed by atoms with Crippen molar-refractivity contribution in [2.75, 3.05) is 0 Å². The third-order valence-electron chi connectivity index (χ3n) is 3.90. The largest absolute Gasteiger partial charge is 0.508 e. The smallest absolute Gasteiger partial charge is 0.187 e. The Hall–Kier alpha value is -2.93. The first kappa shape index (κ1) is 15.9. The molecule has 1 aromatic carbocycles. The molecule has 0 aliphatic rings. The van der Waals surface area contributed by atoms with Crippen molar-refractivity contribution in [2.24, 2.45) is 25.0 Å². The van der Waals surface area contributed by atoms with E-state index in [0.717, 1.165) is 11.3 Å². The van der Waals surface area contributed by atoms with Crippen LogP contribution in [-0.4, -0.2) is 30.3 Å². The number of oxime groups is 1. The highest BCUT2D eigenvalue weighted by atomic mass is 35.5. The fourth-order valence-electron chi connectivity index (χ4n) is 2.74. The third-order valence-corrected chi connectivity index (χ3v) is 4.34. The SMILES string of the molecule is Cn1cncc1-c1c(-c2ccc(O)cc2)c(Cl)n(C)c1/C(N)=N/O. The fraction of sp³-hybridized carbons (Fsp3) is 0.125. The van der Waals surface area contributed by atoms with Gasteiger partial charge in [-0.2, -0.15) is 0 Å². The number of phenolic OH excluding ortho intramolecular Hbond substituents is 1. The van der Waals surface area contributed by atoms with Gasteiger partial charge in [-0.25, -0.2) is 4.98 Å². The van der Waals surface area contributed by atoms with Gasteiger partial charge < -0.3 is 25.2 Å². The molecule has 2 heterocycles. The summed E-state index contributed by atoms with van der Waals surface area (Å²) in [5, 5.41) is 22.3. The zero-order chi connectivity index (χ0) is 17.4. The van der Waals surface area contributed by atoms with Crippen molar-refractivity contribution in [2.45, 2.75) is 0 Å². The summed E-state index contributed by atoms with van der Waals surface area (Å²) in [6.07, 6.45) is 3.34. The lowest BCUT2D eigenvalue weighted by Gasteiger charge is -2.09. The molecule has 7 nitrogen and oxygen atoms in total. The number of imidazole rings is 1. The molecule has 2 aromatic heterocycles. The van der Waals surface area contributed by atoms with Gasteiger partial charge in [-0.15, -0.1) is 0 Å². The van der Waals surface area contributed by atoms with E-state index in [1.54, 1.807) is 48.4 Å². The second-order valence-corrected chi connectivity index (χ2v) is 5.73. The minimum Gasteiger partial charge on any atom is -0.508 e. The molecule has 0 aliphatic heterocycles. The Morgan fingerprint density at radius 2 is 1.88 bits per heavy atom. The Bertz CT molecular complexity index is 925. The molecule has 3 rings (SSSR count). The van der Waals surface area contributed by atoms with Gasteiger partial charge in [0.1, 0.15) is 10.9 Å². The number of nitrogens with two attached hydrogens (primary N) is 1. The van der Waals surface area contributed by atoms with Gasteiger partial charge in [-0.3, -0.25) is 0 Å². The van der Waals surface area contributed by atoms with Crippen molar-refractivity contribution in [3.05, 3.63) is 47.6 Å². The van der Waals surface area contributed by atoms with Gasteiger partial charge >= 0.3 is 0 Å². The average Bonchev–Trinajstić information content (AvgIpc) is 3.10. The molecule has 0 aliphatic carbocycles. The molecule has 0 fully saturated rings. The molecule has 4 N–H and O–H groups in total. The summed E-state index contributed by atoms with van der Waals surface area (Å²) in [7, 11) is 3.58. The minimum absolute atomic E-state index is 0.0550. The Balaban J connectivity index is 2.41. The zero-order valence-electron chi connectivity index (χ0n) is 13.1. The molecule has 0 radical (unpaired) electrons. The predicted molar refractivity (Wildman–Crippen MR) is 92.2 cm³/mol. The van der Waals surface area contributed by atoms with Gasteiger partial charge in [0.2, 0.25) is 0 Å². The molecule has 0 bridgehead atoms. The molecule has 0 saturated carbocycles. The monoisotopic (exact) mass is 345 g/mol. The molecule has 0 atom stereocenters. The molecule has 0 spiro atoms. The summed E-state index contributed by atoms with van der Waals surface area (Å²) in [6.45, 7) is 0. The first-order chi connectivity index (χ1) is 11.5. The summed E-state index contributed by atoms with van der Waals surface area (Å²) in [5.41, 5.74) is 9.34. The molecule has 3 aromatic rings. The number of nitrogens with zero attached hydrogens (tertiary/aromatic N) is 4. The minimum atomic E-state index is -0.0550. The van der Waals surface area contributed by atoms with Crippen molar-refractivity contribution in [3.8, 4) is 28.1 Å². The highest BCUT2D eigenvalue weighted by molar-refractivity contribution is 6.34. The van der Waals surface area contributed by atoms with Crippen LogP contribution in [0, 0.1) is 0 Å². The van der Waals surface area contributed by atoms with E-state index in [9.17, 15) is 5.11 Å². The number of aromatic hydroxyl groups is 1. The summed E-state index contributed by atoms with van der Waals surface area (Å²) in [6, 6.07) is 6.67. The molecule has 124 valence electrons. The van der Waals surface area contributed by atoms with Gasteiger partial charge in [-0.05, 0) is 17.7 Å². The maximum absolute atomic E-state index is 9.53. The lowest BCUT2D eigenvalue weighted by atomic mass is 10.00. The van der Waals surface area contributed by atoms with Crippen LogP contribution in [0.4, 0.5) is 0 Å². The van der Waals surface area contributed by atoms with Crippen molar-refractivity contribution < 1.29 is 10.3 Å². The molecule has 0 unspecified atom stereocenters. The molecular formula is C16H16ClN5O2. The summed E-state index contributed by atoms with van der Waals surface area (Å²) in [5.74, 6) is 0.102. The first-order valence-corrected chi connectivity index (χ1v) is 7.45. The van der Waals surface area contributed by atoms with Crippen LogP contribution in [0.1, 0.15) is 5.69 Å². The molecular weight excluding hydrogens is 330 g/mol. The van der Waals surface area contributed by atoms with Crippen LogP contribution < -0.4 is 5.73 Å². The highest BCUT2D eigenvalue weighted by Crippen LogP contribution is 2.42. The average molecular weight is 346 g/mol. The number of phenols is 1. The Morgan fingerprint density at radius 3 is 2.42 bits per heavy atom. The van der Waals surface area contributed by atoms with E-state index in [1.165, 1.54) is 0 Å². The fourth-order valence-corrected chi connectivity index (χ4v) is 3.03. The molecule has 24 heavy (non-hydrogen) atoms. The van der Waals surface area contributed by atoms with Gasteiger partial charge in [0.25, 0.3) is 0 Å². The number of hydrogen-bond acceptors (Lipinski definition) is 4. The maximum Gasteiger partial charge on any atom is 0.187 e. The van der Waals surface area contributed by atoms with E-state index in [0.29, 0.717) is 22.0 Å². The molecule has 8 heteroatoms. The zero-order valence-corrected chi connectivity index (χ0v) is 13.9. The highest BCUT2D eigenvalue weighted by Gasteiger charge is 2.26. The van der Waals surface area contributed by atoms with Crippen molar-refractivity contribution in [3.63, 3.8) is 0 Å². The Kier molecular flexibility index (Phi) is 3.94. The maximum atomic E-state index is 9.53. The second-order valence-electron chi connectivity index (χ2n) is 5.37. The predicted octanol–water partition coefficient (Wildman–Crippen LogP) is 2.55. The number of benzene rings is 1. The lowest BCUT2D eigenvalue weighted by Crippen LogP contribution is -2.18. The van der Waals surface area contributed by atoms with Crippen LogP contribution in [0.15, 0.2) is 41.9 Å². The van der Waals surface area contributed by atoms with Gasteiger partial charge in [0.05, 0.1) is 23.9 Å². The van der Waals surface area contributed by atoms with E-state index >= 15 is 0 Å². The van der Waals surface area contributed by atoms with Gasteiger partial charge in [0, 0.05) is 25.2 Å². The number of halogens is 1. The van der Waals surface area contributed by atoms with Gasteiger partial charge in [-0.1, -0.05) is 28.9 Å². The molecule has 0 amide bonds. The quantitative estimate of drug-likeness (QED) is 0.294. The second kappa shape index (κ2) is 5.93. The van der Waals surface area contributed by atoms with Crippen LogP contribution in [0.2, 0.25) is 5.15 Å². The van der Waals surface area contributed by atoms with Crippen LogP contribution in [0.5, 0.6) is 5.75 Å². The van der Waals surface area contributed by atoms with E-state index in [1.807, 2.05) is 11.6 Å². The van der Waals surface area contributed by atoms with Gasteiger partial charge in [0.15, 0.2) is 5.84 Å². The summed E-state index contributed by atoms with van der Waals surface area (Å²) < 4.78 is 3.48. The summed E-state index contributed by atoms with van der Waals surface area (Å²) >= 11 is 6.54. The number of hydrogen-bond donors (Lipinski definition) is 3. The van der Waals surface area contributed by atoms with Crippen LogP contribution in [0.25, 0.3) is 22.4 Å².